The average molecular weight is 394 g/mol. The van der Waals surface area contributed by atoms with Crippen molar-refractivity contribution in [3.05, 3.63) is 83.7 Å². The lowest BCUT2D eigenvalue weighted by molar-refractivity contribution is 0.102. The predicted molar refractivity (Wildman–Crippen MR) is 106 cm³/mol. The number of pyridine rings is 1. The van der Waals surface area contributed by atoms with Gasteiger partial charge in [-0.05, 0) is 30.3 Å². The molecule has 28 heavy (non-hydrogen) atoms. The fraction of sp³-hybridized carbons (Fsp3) is 0. The fourth-order valence-corrected chi connectivity index (χ4v) is 2.80. The van der Waals surface area contributed by atoms with Gasteiger partial charge in [0.15, 0.2) is 0 Å². The third-order valence-corrected chi connectivity index (χ3v) is 4.25. The van der Waals surface area contributed by atoms with Gasteiger partial charge in [0, 0.05) is 17.3 Å². The molecule has 0 aliphatic rings. The Morgan fingerprint density at radius 2 is 1.86 bits per heavy atom. The predicted octanol–water partition coefficient (Wildman–Crippen LogP) is 4.81. The van der Waals surface area contributed by atoms with Gasteiger partial charge in [0.05, 0.1) is 28.6 Å². The summed E-state index contributed by atoms with van der Waals surface area (Å²) in [5.74, 6) is -0.513. The molecular formula is C20H13ClFN5O. The van der Waals surface area contributed by atoms with Crippen molar-refractivity contribution in [3.63, 3.8) is 0 Å². The third-order valence-electron chi connectivity index (χ3n) is 3.96. The van der Waals surface area contributed by atoms with Crippen molar-refractivity contribution in [1.29, 1.82) is 0 Å². The van der Waals surface area contributed by atoms with Gasteiger partial charge in [0.25, 0.3) is 5.91 Å². The number of aromatic nitrogens is 3. The average Bonchev–Trinajstić information content (AvgIpc) is 2.71. The van der Waals surface area contributed by atoms with Crippen LogP contribution in [0.2, 0.25) is 5.02 Å². The molecule has 2 heterocycles. The Hall–Kier alpha value is -3.58. The van der Waals surface area contributed by atoms with Crippen LogP contribution in [0.3, 0.4) is 0 Å². The molecule has 0 saturated heterocycles. The highest BCUT2D eigenvalue weighted by Crippen LogP contribution is 2.23. The van der Waals surface area contributed by atoms with E-state index >= 15 is 0 Å². The van der Waals surface area contributed by atoms with Crippen LogP contribution in [0.4, 0.5) is 21.6 Å². The summed E-state index contributed by atoms with van der Waals surface area (Å²) in [6.45, 7) is 0. The van der Waals surface area contributed by atoms with E-state index in [4.69, 9.17) is 11.6 Å². The van der Waals surface area contributed by atoms with Crippen LogP contribution in [0.25, 0.3) is 10.9 Å². The number of nitrogens with one attached hydrogen (secondary N) is 2. The topological polar surface area (TPSA) is 79.8 Å². The number of hydrogen-bond acceptors (Lipinski definition) is 5. The Morgan fingerprint density at radius 1 is 1.00 bits per heavy atom. The molecule has 4 aromatic rings. The summed E-state index contributed by atoms with van der Waals surface area (Å²) < 4.78 is 13.2. The summed E-state index contributed by atoms with van der Waals surface area (Å²) >= 11 is 5.76. The lowest BCUT2D eigenvalue weighted by atomic mass is 10.2. The van der Waals surface area contributed by atoms with Gasteiger partial charge in [-0.3, -0.25) is 9.78 Å². The number of anilines is 3. The van der Waals surface area contributed by atoms with Crippen molar-refractivity contribution in [2.24, 2.45) is 0 Å². The summed E-state index contributed by atoms with van der Waals surface area (Å²) in [7, 11) is 0. The first-order valence-electron chi connectivity index (χ1n) is 8.29. The summed E-state index contributed by atoms with van der Waals surface area (Å²) in [6.07, 6.45) is 4.43. The molecule has 4 rings (SSSR count). The molecule has 2 aromatic carbocycles. The Balaban J connectivity index is 1.50. The number of hydrogen-bond donors (Lipinski definition) is 2. The van der Waals surface area contributed by atoms with Gasteiger partial charge < -0.3 is 10.6 Å². The van der Waals surface area contributed by atoms with Crippen LogP contribution in [-0.4, -0.2) is 20.9 Å². The number of carbonyl (C=O) groups excluding carboxylic acids is 1. The Labute approximate surface area is 164 Å². The summed E-state index contributed by atoms with van der Waals surface area (Å²) in [5.41, 5.74) is 1.99. The maximum absolute atomic E-state index is 13.2. The molecule has 0 spiro atoms. The molecule has 2 N–H and O–H groups in total. The highest BCUT2D eigenvalue weighted by atomic mass is 35.5. The molecule has 0 radical (unpaired) electrons. The van der Waals surface area contributed by atoms with Gasteiger partial charge in [0.2, 0.25) is 0 Å². The maximum atomic E-state index is 13.2. The first-order chi connectivity index (χ1) is 13.6. The van der Waals surface area contributed by atoms with Crippen LogP contribution in [0, 0.1) is 5.82 Å². The van der Waals surface area contributed by atoms with Crippen LogP contribution in [0.5, 0.6) is 0 Å². The summed E-state index contributed by atoms with van der Waals surface area (Å²) in [5, 5.41) is 6.66. The van der Waals surface area contributed by atoms with Crippen LogP contribution >= 0.6 is 11.6 Å². The molecule has 0 aliphatic heterocycles. The van der Waals surface area contributed by atoms with Crippen LogP contribution in [-0.2, 0) is 0 Å². The van der Waals surface area contributed by atoms with Crippen molar-refractivity contribution in [2.45, 2.75) is 0 Å². The molecule has 0 atom stereocenters. The minimum absolute atomic E-state index is 0.00217. The van der Waals surface area contributed by atoms with E-state index in [0.717, 1.165) is 5.39 Å². The van der Waals surface area contributed by atoms with Crippen LogP contribution in [0.1, 0.15) is 10.5 Å². The highest BCUT2D eigenvalue weighted by Gasteiger charge is 2.11. The van der Waals surface area contributed by atoms with E-state index in [9.17, 15) is 9.18 Å². The van der Waals surface area contributed by atoms with E-state index in [1.165, 1.54) is 30.6 Å². The van der Waals surface area contributed by atoms with E-state index in [1.54, 1.807) is 12.3 Å². The lowest BCUT2D eigenvalue weighted by Crippen LogP contribution is -2.14. The van der Waals surface area contributed by atoms with Crippen molar-refractivity contribution < 1.29 is 9.18 Å². The standard InChI is InChI=1S/C20H13ClFN5O/c21-14-9-13(6-7-15(14)22)26-18-11-24-17(10-25-18)20(28)27-16-5-1-3-12-4-2-8-23-19(12)16/h1-11H,(H,25,26)(H,27,28). The van der Waals surface area contributed by atoms with Crippen molar-refractivity contribution in [1.82, 2.24) is 15.0 Å². The van der Waals surface area contributed by atoms with Gasteiger partial charge in [-0.15, -0.1) is 0 Å². The second-order valence-electron chi connectivity index (χ2n) is 5.88. The molecule has 0 fully saturated rings. The molecule has 0 unspecified atom stereocenters. The second kappa shape index (κ2) is 7.58. The van der Waals surface area contributed by atoms with Gasteiger partial charge >= 0.3 is 0 Å². The molecule has 2 aromatic heterocycles. The van der Waals surface area contributed by atoms with Gasteiger partial charge in [-0.2, -0.15) is 0 Å². The minimum Gasteiger partial charge on any atom is -0.339 e. The monoisotopic (exact) mass is 393 g/mol. The zero-order chi connectivity index (χ0) is 19.5. The van der Waals surface area contributed by atoms with E-state index in [2.05, 4.69) is 25.6 Å². The number of nitrogens with zero attached hydrogens (tertiary/aromatic N) is 3. The zero-order valence-corrected chi connectivity index (χ0v) is 15.1. The third kappa shape index (κ3) is 3.74. The first kappa shape index (κ1) is 17.8. The maximum Gasteiger partial charge on any atom is 0.275 e. The number of benzene rings is 2. The molecule has 8 heteroatoms. The second-order valence-corrected chi connectivity index (χ2v) is 6.28. The number of fused-ring (bicyclic) bond motifs is 1. The molecule has 1 amide bonds. The summed E-state index contributed by atoms with van der Waals surface area (Å²) in [6, 6.07) is 13.5. The minimum atomic E-state index is -0.506. The van der Waals surface area contributed by atoms with E-state index < -0.39 is 11.7 Å². The van der Waals surface area contributed by atoms with Gasteiger partial charge in [-0.1, -0.05) is 29.8 Å². The lowest BCUT2D eigenvalue weighted by Gasteiger charge is -2.09. The van der Waals surface area contributed by atoms with Crippen LogP contribution < -0.4 is 10.6 Å². The molecule has 6 nitrogen and oxygen atoms in total. The Morgan fingerprint density at radius 3 is 2.64 bits per heavy atom. The van der Waals surface area contributed by atoms with E-state index in [0.29, 0.717) is 22.7 Å². The molecule has 0 saturated carbocycles. The normalized spacial score (nSPS) is 10.6. The molecular weight excluding hydrogens is 381 g/mol. The fourth-order valence-electron chi connectivity index (χ4n) is 2.62. The van der Waals surface area contributed by atoms with E-state index in [-0.39, 0.29) is 10.7 Å². The number of carbonyl (C=O) groups is 1. The summed E-state index contributed by atoms with van der Waals surface area (Å²) in [4.78, 5) is 25.1. The number of amides is 1. The zero-order valence-electron chi connectivity index (χ0n) is 14.4. The van der Waals surface area contributed by atoms with Crippen molar-refractivity contribution >= 4 is 45.6 Å². The van der Waals surface area contributed by atoms with E-state index in [1.807, 2.05) is 24.3 Å². The first-order valence-corrected chi connectivity index (χ1v) is 8.67. The van der Waals surface area contributed by atoms with Gasteiger partial charge in [0.1, 0.15) is 17.3 Å². The SMILES string of the molecule is O=C(Nc1cccc2cccnc12)c1cnc(Nc2ccc(F)c(Cl)c2)cn1. The number of para-hydroxylation sites is 1. The molecule has 0 bridgehead atoms. The largest absolute Gasteiger partial charge is 0.339 e. The Kier molecular flexibility index (Phi) is 4.82. The van der Waals surface area contributed by atoms with Crippen LogP contribution in [0.15, 0.2) is 67.1 Å². The molecule has 0 aliphatic carbocycles. The van der Waals surface area contributed by atoms with Crippen molar-refractivity contribution in [2.75, 3.05) is 10.6 Å². The number of rotatable bonds is 4. The quantitative estimate of drug-likeness (QED) is 0.520. The number of halogens is 2. The highest BCUT2D eigenvalue weighted by molar-refractivity contribution is 6.31. The Bertz CT molecular complexity index is 1160. The smallest absolute Gasteiger partial charge is 0.275 e. The van der Waals surface area contributed by atoms with Gasteiger partial charge in [-0.25, -0.2) is 14.4 Å². The van der Waals surface area contributed by atoms with Crippen molar-refractivity contribution in [3.8, 4) is 0 Å². The molecule has 138 valence electrons.